The minimum absolute atomic E-state index is 0.429. The second kappa shape index (κ2) is 7.76. The van der Waals surface area contributed by atoms with Crippen LogP contribution in [-0.2, 0) is 6.54 Å². The van der Waals surface area contributed by atoms with Gasteiger partial charge in [0.1, 0.15) is 0 Å². The van der Waals surface area contributed by atoms with Gasteiger partial charge in [0.05, 0.1) is 6.20 Å². The van der Waals surface area contributed by atoms with E-state index in [9.17, 15) is 0 Å². The molecule has 5 heteroatoms. The summed E-state index contributed by atoms with van der Waals surface area (Å²) >= 11 is 4.25. The van der Waals surface area contributed by atoms with Crippen LogP contribution in [0.3, 0.4) is 0 Å². The van der Waals surface area contributed by atoms with Gasteiger partial charge in [-0.25, -0.2) is 0 Å². The third-order valence-corrected chi connectivity index (χ3v) is 7.33. The van der Waals surface area contributed by atoms with Gasteiger partial charge < -0.3 is 5.32 Å². The summed E-state index contributed by atoms with van der Waals surface area (Å²) in [5, 5.41) is 10.3. The molecule has 4 atom stereocenters. The number of nitrogens with one attached hydrogen (secondary N) is 1. The van der Waals surface area contributed by atoms with Crippen LogP contribution < -0.4 is 5.32 Å². The van der Waals surface area contributed by atoms with E-state index in [4.69, 9.17) is 0 Å². The highest BCUT2D eigenvalue weighted by atomic mass is 32.2. The Morgan fingerprint density at radius 2 is 2.20 bits per heavy atom. The number of nitrogens with zero attached hydrogens (tertiary/aromatic N) is 2. The zero-order valence-electron chi connectivity index (χ0n) is 13.0. The molecule has 0 bridgehead atoms. The maximum atomic E-state index is 4.50. The third kappa shape index (κ3) is 3.95. The van der Waals surface area contributed by atoms with E-state index in [1.165, 1.54) is 11.3 Å². The Hall–Kier alpha value is -0.130. The van der Waals surface area contributed by atoms with Gasteiger partial charge in [-0.2, -0.15) is 28.6 Å². The molecule has 4 unspecified atom stereocenters. The number of hydrogen-bond donors (Lipinski definition) is 1. The molecule has 1 N–H and O–H groups in total. The minimum atomic E-state index is 0.429. The van der Waals surface area contributed by atoms with Crippen LogP contribution in [0.1, 0.15) is 45.7 Å². The zero-order valence-corrected chi connectivity index (χ0v) is 14.6. The van der Waals surface area contributed by atoms with Crippen molar-refractivity contribution in [1.29, 1.82) is 0 Å². The molecule has 0 spiro atoms. The van der Waals surface area contributed by atoms with Crippen molar-refractivity contribution in [1.82, 2.24) is 15.1 Å². The molecule has 0 aromatic carbocycles. The van der Waals surface area contributed by atoms with E-state index in [2.05, 4.69) is 78.7 Å². The summed E-state index contributed by atoms with van der Waals surface area (Å²) < 4.78 is 2.08. The van der Waals surface area contributed by atoms with Crippen molar-refractivity contribution in [3.8, 4) is 0 Å². The van der Waals surface area contributed by atoms with Crippen molar-refractivity contribution >= 4 is 23.5 Å². The predicted molar refractivity (Wildman–Crippen MR) is 91.7 cm³/mol. The number of aromatic nitrogens is 2. The highest BCUT2D eigenvalue weighted by molar-refractivity contribution is 8.07. The summed E-state index contributed by atoms with van der Waals surface area (Å²) in [5.41, 5.74) is 1.35. The molecule has 3 nitrogen and oxygen atoms in total. The summed E-state index contributed by atoms with van der Waals surface area (Å²) in [6.07, 6.45) is 5.41. The second-order valence-electron chi connectivity index (χ2n) is 5.49. The molecule has 20 heavy (non-hydrogen) atoms. The molecule has 1 aliphatic heterocycles. The first-order valence-corrected chi connectivity index (χ1v) is 9.67. The SMILES string of the molecule is CCCn1cc(C(NCC)C2CSC(C)C(C)S2)cn1. The first-order chi connectivity index (χ1) is 9.65. The summed E-state index contributed by atoms with van der Waals surface area (Å²) in [6, 6.07) is 0.429. The lowest BCUT2D eigenvalue weighted by atomic mass is 10.1. The zero-order chi connectivity index (χ0) is 14.5. The molecule has 0 amide bonds. The van der Waals surface area contributed by atoms with Crippen LogP contribution in [0.5, 0.6) is 0 Å². The van der Waals surface area contributed by atoms with Crippen molar-refractivity contribution in [2.75, 3.05) is 12.3 Å². The van der Waals surface area contributed by atoms with E-state index in [1.54, 1.807) is 0 Å². The van der Waals surface area contributed by atoms with Crippen LogP contribution in [0.15, 0.2) is 12.4 Å². The van der Waals surface area contributed by atoms with Crippen molar-refractivity contribution in [3.05, 3.63) is 18.0 Å². The normalized spacial score (nSPS) is 28.5. The molecule has 0 radical (unpaired) electrons. The molecule has 1 fully saturated rings. The summed E-state index contributed by atoms with van der Waals surface area (Å²) in [6.45, 7) is 11.1. The van der Waals surface area contributed by atoms with Crippen LogP contribution >= 0.6 is 23.5 Å². The average molecular weight is 314 g/mol. The molecule has 1 saturated heterocycles. The van der Waals surface area contributed by atoms with Gasteiger partial charge in [-0.3, -0.25) is 4.68 Å². The fraction of sp³-hybridized carbons (Fsp3) is 0.800. The Morgan fingerprint density at radius 3 is 2.85 bits per heavy atom. The maximum absolute atomic E-state index is 4.50. The topological polar surface area (TPSA) is 29.9 Å². The molecular formula is C15H27N3S2. The van der Waals surface area contributed by atoms with E-state index in [0.717, 1.165) is 30.0 Å². The first-order valence-electron chi connectivity index (χ1n) is 7.68. The van der Waals surface area contributed by atoms with Crippen LogP contribution in [0, 0.1) is 0 Å². The number of aryl methyl sites for hydroxylation is 1. The number of rotatable bonds is 6. The lowest BCUT2D eigenvalue weighted by Crippen LogP contribution is -2.37. The number of thioether (sulfide) groups is 2. The van der Waals surface area contributed by atoms with Gasteiger partial charge in [0.15, 0.2) is 0 Å². The van der Waals surface area contributed by atoms with Crippen LogP contribution in [0.25, 0.3) is 0 Å². The average Bonchev–Trinajstić information content (AvgIpc) is 2.88. The van der Waals surface area contributed by atoms with Gasteiger partial charge in [0.2, 0.25) is 0 Å². The highest BCUT2D eigenvalue weighted by Gasteiger charge is 2.32. The van der Waals surface area contributed by atoms with E-state index < -0.39 is 0 Å². The van der Waals surface area contributed by atoms with Gasteiger partial charge in [-0.15, -0.1) is 0 Å². The molecular weight excluding hydrogens is 286 g/mol. The maximum Gasteiger partial charge on any atom is 0.0538 e. The highest BCUT2D eigenvalue weighted by Crippen LogP contribution is 2.40. The summed E-state index contributed by atoms with van der Waals surface area (Å²) in [7, 11) is 0. The molecule has 1 aromatic heterocycles. The van der Waals surface area contributed by atoms with E-state index >= 15 is 0 Å². The largest absolute Gasteiger partial charge is 0.309 e. The van der Waals surface area contributed by atoms with Crippen molar-refractivity contribution in [2.45, 2.75) is 62.5 Å². The van der Waals surface area contributed by atoms with Gasteiger partial charge in [0.25, 0.3) is 0 Å². The van der Waals surface area contributed by atoms with E-state index in [-0.39, 0.29) is 0 Å². The van der Waals surface area contributed by atoms with E-state index in [0.29, 0.717) is 11.3 Å². The number of hydrogen-bond acceptors (Lipinski definition) is 4. The van der Waals surface area contributed by atoms with Crippen LogP contribution in [0.2, 0.25) is 0 Å². The van der Waals surface area contributed by atoms with Gasteiger partial charge >= 0.3 is 0 Å². The van der Waals surface area contributed by atoms with Crippen molar-refractivity contribution < 1.29 is 0 Å². The molecule has 2 heterocycles. The third-order valence-electron chi connectivity index (χ3n) is 3.83. The fourth-order valence-electron chi connectivity index (χ4n) is 2.56. The summed E-state index contributed by atoms with van der Waals surface area (Å²) in [5.74, 6) is 1.23. The Labute approximate surface area is 131 Å². The van der Waals surface area contributed by atoms with Gasteiger partial charge in [-0.1, -0.05) is 27.7 Å². The van der Waals surface area contributed by atoms with E-state index in [1.807, 2.05) is 0 Å². The fourth-order valence-corrected chi connectivity index (χ4v) is 5.68. The first kappa shape index (κ1) is 16.2. The smallest absolute Gasteiger partial charge is 0.0538 e. The quantitative estimate of drug-likeness (QED) is 0.869. The summed E-state index contributed by atoms with van der Waals surface area (Å²) in [4.78, 5) is 0. The molecule has 0 saturated carbocycles. The lowest BCUT2D eigenvalue weighted by Gasteiger charge is -2.36. The standard InChI is InChI=1S/C15H27N3S2/c1-5-7-18-9-13(8-17-18)15(16-6-2)14-10-19-11(3)12(4)20-14/h8-9,11-12,14-16H,5-7,10H2,1-4H3. The minimum Gasteiger partial charge on any atom is -0.309 e. The lowest BCUT2D eigenvalue weighted by molar-refractivity contribution is 0.545. The Balaban J connectivity index is 2.09. The Bertz CT molecular complexity index is 408. The molecule has 0 aliphatic carbocycles. The molecule has 1 aliphatic rings. The molecule has 2 rings (SSSR count). The molecule has 1 aromatic rings. The van der Waals surface area contributed by atoms with Gasteiger partial charge in [-0.05, 0) is 13.0 Å². The van der Waals surface area contributed by atoms with Crippen molar-refractivity contribution in [3.63, 3.8) is 0 Å². The second-order valence-corrected chi connectivity index (χ2v) is 8.52. The Kier molecular flexibility index (Phi) is 6.30. The van der Waals surface area contributed by atoms with Crippen LogP contribution in [0.4, 0.5) is 0 Å². The molecule has 114 valence electrons. The monoisotopic (exact) mass is 313 g/mol. The van der Waals surface area contributed by atoms with Crippen molar-refractivity contribution in [2.24, 2.45) is 0 Å². The Morgan fingerprint density at radius 1 is 1.40 bits per heavy atom. The van der Waals surface area contributed by atoms with Crippen LogP contribution in [-0.4, -0.2) is 37.8 Å². The predicted octanol–water partition coefficient (Wildman–Crippen LogP) is 3.57. The van der Waals surface area contributed by atoms with Gasteiger partial charge in [0, 0.05) is 45.8 Å².